The number of nitrogen functional groups attached to an aromatic ring is 1. The number of hydrogen-bond acceptors (Lipinski definition) is 4. The van der Waals surface area contributed by atoms with Gasteiger partial charge in [-0.15, -0.1) is 0 Å². The Balaban J connectivity index is 1.56. The van der Waals surface area contributed by atoms with E-state index in [2.05, 4.69) is 141 Å². The zero-order valence-corrected chi connectivity index (χ0v) is 25.6. The lowest BCUT2D eigenvalue weighted by Gasteiger charge is -2.26. The third kappa shape index (κ3) is 6.28. The Kier molecular flexibility index (Phi) is 9.43. The van der Waals surface area contributed by atoms with Crippen LogP contribution in [0.3, 0.4) is 0 Å². The molecule has 0 radical (unpaired) electrons. The monoisotopic (exact) mass is 556 g/mol. The van der Waals surface area contributed by atoms with Crippen molar-refractivity contribution in [1.82, 2.24) is 0 Å². The average molecular weight is 557 g/mol. The second-order valence-electron chi connectivity index (χ2n) is 11.0. The van der Waals surface area contributed by atoms with Crippen LogP contribution in [0.2, 0.25) is 0 Å². The van der Waals surface area contributed by atoms with Crippen LogP contribution in [-0.4, -0.2) is 18.8 Å². The van der Waals surface area contributed by atoms with Gasteiger partial charge in [0.1, 0.15) is 0 Å². The molecule has 1 atom stereocenters. The molecule has 4 aromatic rings. The van der Waals surface area contributed by atoms with E-state index in [1.54, 1.807) is 0 Å². The molecule has 1 aliphatic rings. The molecule has 2 N–H and O–H groups in total. The fourth-order valence-corrected chi connectivity index (χ4v) is 6.18. The van der Waals surface area contributed by atoms with Gasteiger partial charge in [-0.2, -0.15) is 5.10 Å². The largest absolute Gasteiger partial charge is 0.398 e. The van der Waals surface area contributed by atoms with Crippen LogP contribution in [-0.2, 0) is 19.3 Å². The van der Waals surface area contributed by atoms with Gasteiger partial charge in [0.25, 0.3) is 0 Å². The van der Waals surface area contributed by atoms with E-state index in [0.29, 0.717) is 0 Å². The van der Waals surface area contributed by atoms with Crippen molar-refractivity contribution in [3.8, 4) is 0 Å². The molecule has 0 amide bonds. The molecule has 0 saturated carbocycles. The summed E-state index contributed by atoms with van der Waals surface area (Å²) in [4.78, 5) is 2.38. The van der Waals surface area contributed by atoms with E-state index in [1.165, 1.54) is 33.5 Å². The number of nitrogens with two attached hydrogens (primary N) is 1. The quantitative estimate of drug-likeness (QED) is 0.188. The summed E-state index contributed by atoms with van der Waals surface area (Å²) in [7, 11) is 0. The highest BCUT2D eigenvalue weighted by atomic mass is 15.5. The van der Waals surface area contributed by atoms with Crippen molar-refractivity contribution < 1.29 is 0 Å². The second-order valence-corrected chi connectivity index (χ2v) is 11.0. The van der Waals surface area contributed by atoms with Gasteiger partial charge in [0.2, 0.25) is 0 Å². The first-order valence-electron chi connectivity index (χ1n) is 15.5. The standard InChI is InChI=1S/C38H44N4/c1-5-29-21-24-36(38(39)35(29)6-2)37-27-32(40-42(37)34-17-13-10-14-18-34)26-31(25-28-15-11-9-12-16-28)30-19-22-33(23-20-30)41(7-3)8-4/h9-24,26,37H,5-8,25,27,39H2,1-4H3. The number of nitrogens with zero attached hydrogens (tertiary/aromatic N) is 3. The molecule has 0 saturated heterocycles. The molecule has 0 spiro atoms. The Bertz CT molecular complexity index is 1520. The highest BCUT2D eigenvalue weighted by Gasteiger charge is 2.31. The lowest BCUT2D eigenvalue weighted by molar-refractivity contribution is 0.709. The number of anilines is 3. The summed E-state index contributed by atoms with van der Waals surface area (Å²) < 4.78 is 0. The number of rotatable bonds is 11. The average Bonchev–Trinajstić information content (AvgIpc) is 3.45. The number of hydrogen-bond donors (Lipinski definition) is 1. The van der Waals surface area contributed by atoms with Gasteiger partial charge in [0, 0.05) is 36.4 Å². The van der Waals surface area contributed by atoms with E-state index in [-0.39, 0.29) is 6.04 Å². The minimum Gasteiger partial charge on any atom is -0.398 e. The van der Waals surface area contributed by atoms with Gasteiger partial charge in [0.15, 0.2) is 0 Å². The Morgan fingerprint density at radius 3 is 2.12 bits per heavy atom. The van der Waals surface area contributed by atoms with Crippen LogP contribution in [0.15, 0.2) is 108 Å². The van der Waals surface area contributed by atoms with Crippen LogP contribution < -0.4 is 15.6 Å². The van der Waals surface area contributed by atoms with Gasteiger partial charge in [-0.05, 0) is 91.3 Å². The first kappa shape index (κ1) is 29.2. The Labute approximate surface area is 252 Å². The minimum atomic E-state index is 0.0397. The topological polar surface area (TPSA) is 44.9 Å². The summed E-state index contributed by atoms with van der Waals surface area (Å²) >= 11 is 0. The van der Waals surface area contributed by atoms with Crippen molar-refractivity contribution in [2.75, 3.05) is 28.7 Å². The van der Waals surface area contributed by atoms with Crippen molar-refractivity contribution >= 4 is 28.3 Å². The van der Waals surface area contributed by atoms with Gasteiger partial charge >= 0.3 is 0 Å². The zero-order chi connectivity index (χ0) is 29.5. The van der Waals surface area contributed by atoms with Crippen molar-refractivity contribution in [1.29, 1.82) is 0 Å². The predicted molar refractivity (Wildman–Crippen MR) is 181 cm³/mol. The minimum absolute atomic E-state index is 0.0397. The maximum absolute atomic E-state index is 6.89. The van der Waals surface area contributed by atoms with Crippen LogP contribution in [0, 0.1) is 0 Å². The molecule has 0 bridgehead atoms. The molecule has 4 aromatic carbocycles. The lowest BCUT2D eigenvalue weighted by Crippen LogP contribution is -2.21. The molecule has 5 rings (SSSR count). The number of allylic oxidation sites excluding steroid dienone is 2. The van der Waals surface area contributed by atoms with E-state index in [1.807, 2.05) is 0 Å². The number of hydrazone groups is 1. The molecule has 0 aromatic heterocycles. The van der Waals surface area contributed by atoms with E-state index >= 15 is 0 Å². The van der Waals surface area contributed by atoms with Gasteiger partial charge < -0.3 is 10.6 Å². The van der Waals surface area contributed by atoms with Crippen molar-refractivity contribution in [2.45, 2.75) is 59.4 Å². The maximum Gasteiger partial charge on any atom is 0.0851 e. The fourth-order valence-electron chi connectivity index (χ4n) is 6.18. The molecule has 1 aliphatic heterocycles. The van der Waals surface area contributed by atoms with Crippen LogP contribution >= 0.6 is 0 Å². The van der Waals surface area contributed by atoms with E-state index in [9.17, 15) is 0 Å². The first-order chi connectivity index (χ1) is 20.6. The lowest BCUT2D eigenvalue weighted by atomic mass is 9.91. The number of aryl methyl sites for hydroxylation is 1. The first-order valence-corrected chi connectivity index (χ1v) is 15.5. The summed E-state index contributed by atoms with van der Waals surface area (Å²) in [6.45, 7) is 10.8. The van der Waals surface area contributed by atoms with Crippen LogP contribution in [0.5, 0.6) is 0 Å². The van der Waals surface area contributed by atoms with Gasteiger partial charge in [-0.1, -0.05) is 86.6 Å². The third-order valence-electron chi connectivity index (χ3n) is 8.48. The molecule has 1 heterocycles. The molecular weight excluding hydrogens is 512 g/mol. The fraction of sp³-hybridized carbons (Fsp3) is 0.289. The molecule has 42 heavy (non-hydrogen) atoms. The Morgan fingerprint density at radius 1 is 0.833 bits per heavy atom. The summed E-state index contributed by atoms with van der Waals surface area (Å²) in [6, 6.07) is 34.8. The highest BCUT2D eigenvalue weighted by Crippen LogP contribution is 2.40. The van der Waals surface area contributed by atoms with Gasteiger partial charge in [-0.3, -0.25) is 5.01 Å². The van der Waals surface area contributed by atoms with Crippen LogP contribution in [0.4, 0.5) is 17.1 Å². The molecule has 0 fully saturated rings. The van der Waals surface area contributed by atoms with E-state index in [4.69, 9.17) is 10.8 Å². The highest BCUT2D eigenvalue weighted by molar-refractivity contribution is 6.03. The number of benzene rings is 4. The predicted octanol–water partition coefficient (Wildman–Crippen LogP) is 8.87. The third-order valence-corrected chi connectivity index (χ3v) is 8.48. The SMILES string of the molecule is CCc1ccc(C2CC(C=C(Cc3ccccc3)c3ccc(N(CC)CC)cc3)=NN2c2ccccc2)c(N)c1CC. The smallest absolute Gasteiger partial charge is 0.0851 e. The van der Waals surface area contributed by atoms with E-state index in [0.717, 1.165) is 61.4 Å². The van der Waals surface area contributed by atoms with Crippen molar-refractivity contribution in [2.24, 2.45) is 5.10 Å². The van der Waals surface area contributed by atoms with Crippen molar-refractivity contribution in [3.63, 3.8) is 0 Å². The van der Waals surface area contributed by atoms with Crippen LogP contribution in [0.25, 0.3) is 5.57 Å². The summed E-state index contributed by atoms with van der Waals surface area (Å²) in [5.74, 6) is 0. The molecule has 4 heteroatoms. The second kappa shape index (κ2) is 13.6. The van der Waals surface area contributed by atoms with Gasteiger partial charge in [0.05, 0.1) is 17.4 Å². The van der Waals surface area contributed by atoms with Gasteiger partial charge in [-0.25, -0.2) is 0 Å². The molecule has 4 nitrogen and oxygen atoms in total. The molecule has 0 aliphatic carbocycles. The summed E-state index contributed by atoms with van der Waals surface area (Å²) in [5, 5.41) is 7.42. The van der Waals surface area contributed by atoms with Crippen LogP contribution in [0.1, 0.15) is 68.0 Å². The summed E-state index contributed by atoms with van der Waals surface area (Å²) in [6.07, 6.45) is 5.87. The molecule has 1 unspecified atom stereocenters. The summed E-state index contributed by atoms with van der Waals surface area (Å²) in [5.41, 5.74) is 18.8. The number of para-hydroxylation sites is 1. The van der Waals surface area contributed by atoms with E-state index < -0.39 is 0 Å². The zero-order valence-electron chi connectivity index (χ0n) is 25.6. The normalized spacial score (nSPS) is 15.1. The molecule has 216 valence electrons. The maximum atomic E-state index is 6.89. The Hall–Kier alpha value is -4.31. The molecular formula is C38H44N4. The Morgan fingerprint density at radius 2 is 1.50 bits per heavy atom. The van der Waals surface area contributed by atoms with Crippen molar-refractivity contribution in [3.05, 3.63) is 131 Å².